The van der Waals surface area contributed by atoms with Gasteiger partial charge in [0.15, 0.2) is 0 Å². The topological polar surface area (TPSA) is 46.6 Å². The van der Waals surface area contributed by atoms with Crippen LogP contribution in [0.2, 0.25) is 0 Å². The number of ketones is 1. The molecule has 2 atom stereocenters. The van der Waals surface area contributed by atoms with Crippen LogP contribution in [0.15, 0.2) is 60.7 Å². The van der Waals surface area contributed by atoms with Crippen LogP contribution < -0.4 is 0 Å². The van der Waals surface area contributed by atoms with Crippen LogP contribution in [0.4, 0.5) is 4.79 Å². The van der Waals surface area contributed by atoms with Gasteiger partial charge in [-0.1, -0.05) is 74.0 Å². The summed E-state index contributed by atoms with van der Waals surface area (Å²) in [7, 11) is 0. The van der Waals surface area contributed by atoms with Gasteiger partial charge in [0.1, 0.15) is 12.4 Å². The standard InChI is InChI=1S/C25H31NO3/c1-2-24(27)23(22-14-7-4-8-15-22)17-21-13-9-10-16-26(18-21)25(28)29-19-20-11-5-3-6-12-20/h3-8,11-12,14-15,21,23H,2,9-10,13,16-19H2,1H3. The summed E-state index contributed by atoms with van der Waals surface area (Å²) < 4.78 is 5.55. The molecule has 154 valence electrons. The minimum Gasteiger partial charge on any atom is -0.445 e. The van der Waals surface area contributed by atoms with Gasteiger partial charge in [0, 0.05) is 25.4 Å². The number of carbonyl (C=O) groups is 2. The SMILES string of the molecule is CCC(=O)C(CC1CCCCN(C(=O)OCc2ccccc2)C1)c1ccccc1. The Labute approximate surface area is 173 Å². The Morgan fingerprint density at radius 1 is 1.03 bits per heavy atom. The van der Waals surface area contributed by atoms with E-state index in [9.17, 15) is 9.59 Å². The molecule has 1 aliphatic heterocycles. The summed E-state index contributed by atoms with van der Waals surface area (Å²) in [6.45, 7) is 3.61. The van der Waals surface area contributed by atoms with Crippen molar-refractivity contribution >= 4 is 11.9 Å². The maximum atomic E-state index is 12.7. The van der Waals surface area contributed by atoms with Crippen molar-refractivity contribution in [2.75, 3.05) is 13.1 Å². The number of ether oxygens (including phenoxy) is 1. The molecule has 1 fully saturated rings. The van der Waals surface area contributed by atoms with E-state index in [1.54, 1.807) is 0 Å². The lowest BCUT2D eigenvalue weighted by molar-refractivity contribution is -0.120. The Bertz CT molecular complexity index is 775. The lowest BCUT2D eigenvalue weighted by Gasteiger charge is -2.26. The summed E-state index contributed by atoms with van der Waals surface area (Å²) in [6, 6.07) is 19.8. The second-order valence-corrected chi connectivity index (χ2v) is 7.87. The molecular weight excluding hydrogens is 362 g/mol. The fourth-order valence-electron chi connectivity index (χ4n) is 4.12. The number of benzene rings is 2. The highest BCUT2D eigenvalue weighted by Gasteiger charge is 2.28. The molecule has 1 saturated heterocycles. The van der Waals surface area contributed by atoms with Gasteiger partial charge >= 0.3 is 6.09 Å². The Morgan fingerprint density at radius 3 is 2.41 bits per heavy atom. The van der Waals surface area contributed by atoms with Gasteiger partial charge in [-0.3, -0.25) is 4.79 Å². The lowest BCUT2D eigenvalue weighted by atomic mass is 9.83. The molecule has 0 aromatic heterocycles. The van der Waals surface area contributed by atoms with E-state index in [-0.39, 0.29) is 17.8 Å². The summed E-state index contributed by atoms with van der Waals surface area (Å²) in [5, 5.41) is 0. The molecule has 29 heavy (non-hydrogen) atoms. The Hall–Kier alpha value is -2.62. The molecule has 0 radical (unpaired) electrons. The summed E-state index contributed by atoms with van der Waals surface area (Å²) in [5.74, 6) is 0.493. The number of amides is 1. The quantitative estimate of drug-likeness (QED) is 0.617. The smallest absolute Gasteiger partial charge is 0.410 e. The van der Waals surface area contributed by atoms with E-state index in [0.717, 1.165) is 43.4 Å². The van der Waals surface area contributed by atoms with E-state index in [4.69, 9.17) is 4.74 Å². The molecule has 0 N–H and O–H groups in total. The highest BCUT2D eigenvalue weighted by Crippen LogP contribution is 2.30. The monoisotopic (exact) mass is 393 g/mol. The van der Waals surface area contributed by atoms with E-state index in [1.165, 1.54) is 0 Å². The van der Waals surface area contributed by atoms with Crippen molar-refractivity contribution in [3.05, 3.63) is 71.8 Å². The van der Waals surface area contributed by atoms with E-state index < -0.39 is 0 Å². The minimum absolute atomic E-state index is 0.0912. The third kappa shape index (κ3) is 6.18. The van der Waals surface area contributed by atoms with Gasteiger partial charge in [0.25, 0.3) is 0 Å². The van der Waals surface area contributed by atoms with Crippen molar-refractivity contribution in [1.29, 1.82) is 0 Å². The molecular formula is C25H31NO3. The molecule has 0 aliphatic carbocycles. The predicted molar refractivity (Wildman–Crippen MR) is 115 cm³/mol. The zero-order valence-electron chi connectivity index (χ0n) is 17.3. The predicted octanol–water partition coefficient (Wildman–Crippen LogP) is 5.58. The van der Waals surface area contributed by atoms with Crippen LogP contribution in [0.1, 0.15) is 56.1 Å². The number of hydrogen-bond donors (Lipinski definition) is 0. The van der Waals surface area contributed by atoms with E-state index >= 15 is 0 Å². The second-order valence-electron chi connectivity index (χ2n) is 7.87. The molecule has 0 bridgehead atoms. The molecule has 2 unspecified atom stereocenters. The molecule has 2 aromatic carbocycles. The zero-order chi connectivity index (χ0) is 20.5. The highest BCUT2D eigenvalue weighted by atomic mass is 16.6. The number of carbonyl (C=O) groups excluding carboxylic acids is 2. The van der Waals surface area contributed by atoms with Crippen LogP contribution in [-0.2, 0) is 16.1 Å². The number of Topliss-reactive ketones (excluding diaryl/α,β-unsaturated/α-hetero) is 1. The van der Waals surface area contributed by atoms with E-state index in [1.807, 2.05) is 72.5 Å². The van der Waals surface area contributed by atoms with Crippen LogP contribution in [-0.4, -0.2) is 29.9 Å². The largest absolute Gasteiger partial charge is 0.445 e. The van der Waals surface area contributed by atoms with E-state index in [0.29, 0.717) is 25.5 Å². The van der Waals surface area contributed by atoms with Crippen LogP contribution in [0.5, 0.6) is 0 Å². The number of rotatable bonds is 7. The van der Waals surface area contributed by atoms with Crippen LogP contribution in [0.25, 0.3) is 0 Å². The first-order valence-electron chi connectivity index (χ1n) is 10.7. The molecule has 1 aliphatic rings. The fraction of sp³-hybridized carbons (Fsp3) is 0.440. The Balaban J connectivity index is 1.63. The van der Waals surface area contributed by atoms with Gasteiger partial charge in [-0.15, -0.1) is 0 Å². The minimum atomic E-state index is -0.251. The van der Waals surface area contributed by atoms with Crippen molar-refractivity contribution in [2.45, 2.75) is 51.6 Å². The number of hydrogen-bond acceptors (Lipinski definition) is 3. The summed E-state index contributed by atoms with van der Waals surface area (Å²) in [6.07, 6.45) is 4.18. The summed E-state index contributed by atoms with van der Waals surface area (Å²) in [4.78, 5) is 27.1. The molecule has 4 heteroatoms. The molecule has 0 spiro atoms. The first kappa shape index (κ1) is 21.1. The zero-order valence-corrected chi connectivity index (χ0v) is 17.3. The second kappa shape index (κ2) is 10.8. The molecule has 1 amide bonds. The first-order valence-corrected chi connectivity index (χ1v) is 10.7. The average Bonchev–Trinajstić information content (AvgIpc) is 3.02. The molecule has 2 aromatic rings. The third-order valence-corrected chi connectivity index (χ3v) is 5.74. The van der Waals surface area contributed by atoms with Gasteiger partial charge < -0.3 is 9.64 Å². The van der Waals surface area contributed by atoms with Gasteiger partial charge in [0.05, 0.1) is 0 Å². The van der Waals surface area contributed by atoms with Crippen LogP contribution in [0.3, 0.4) is 0 Å². The van der Waals surface area contributed by atoms with Crippen molar-refractivity contribution in [3.8, 4) is 0 Å². The number of likely N-dealkylation sites (tertiary alicyclic amines) is 1. The first-order chi connectivity index (χ1) is 14.2. The average molecular weight is 394 g/mol. The van der Waals surface area contributed by atoms with Gasteiger partial charge in [0.2, 0.25) is 0 Å². The normalized spacial score (nSPS) is 18.0. The third-order valence-electron chi connectivity index (χ3n) is 5.74. The Morgan fingerprint density at radius 2 is 1.72 bits per heavy atom. The summed E-state index contributed by atoms with van der Waals surface area (Å²) in [5.41, 5.74) is 2.08. The maximum absolute atomic E-state index is 12.7. The molecule has 1 heterocycles. The van der Waals surface area contributed by atoms with Crippen molar-refractivity contribution in [3.63, 3.8) is 0 Å². The molecule has 3 rings (SSSR count). The lowest BCUT2D eigenvalue weighted by Crippen LogP contribution is -2.35. The highest BCUT2D eigenvalue weighted by molar-refractivity contribution is 5.85. The van der Waals surface area contributed by atoms with Crippen molar-refractivity contribution in [1.82, 2.24) is 4.90 Å². The Kier molecular flexibility index (Phi) is 7.85. The number of nitrogens with zero attached hydrogens (tertiary/aromatic N) is 1. The van der Waals surface area contributed by atoms with E-state index in [2.05, 4.69) is 0 Å². The summed E-state index contributed by atoms with van der Waals surface area (Å²) >= 11 is 0. The fourth-order valence-corrected chi connectivity index (χ4v) is 4.12. The van der Waals surface area contributed by atoms with Crippen LogP contribution >= 0.6 is 0 Å². The van der Waals surface area contributed by atoms with Gasteiger partial charge in [-0.05, 0) is 36.3 Å². The van der Waals surface area contributed by atoms with Crippen molar-refractivity contribution in [2.24, 2.45) is 5.92 Å². The van der Waals surface area contributed by atoms with Crippen molar-refractivity contribution < 1.29 is 14.3 Å². The molecule has 0 saturated carbocycles. The van der Waals surface area contributed by atoms with Gasteiger partial charge in [-0.2, -0.15) is 0 Å². The molecule has 4 nitrogen and oxygen atoms in total. The van der Waals surface area contributed by atoms with Gasteiger partial charge in [-0.25, -0.2) is 4.79 Å². The maximum Gasteiger partial charge on any atom is 0.410 e. The van der Waals surface area contributed by atoms with Crippen LogP contribution in [0, 0.1) is 5.92 Å².